The molecule has 0 bridgehead atoms. The average molecular weight is 413 g/mol. The summed E-state index contributed by atoms with van der Waals surface area (Å²) in [6.07, 6.45) is 0. The SMILES string of the molecule is Cc1cc2c(cc(C(=O)NCc3ccc(F)cc3)n2Cc2ccccc2Cl)s1. The molecule has 3 nitrogen and oxygen atoms in total. The van der Waals surface area contributed by atoms with Crippen molar-refractivity contribution in [1.29, 1.82) is 0 Å². The lowest BCUT2D eigenvalue weighted by molar-refractivity contribution is 0.0942. The van der Waals surface area contributed by atoms with E-state index >= 15 is 0 Å². The van der Waals surface area contributed by atoms with Crippen LogP contribution in [0.2, 0.25) is 5.02 Å². The van der Waals surface area contributed by atoms with Gasteiger partial charge in [0.2, 0.25) is 0 Å². The van der Waals surface area contributed by atoms with E-state index in [-0.39, 0.29) is 11.7 Å². The van der Waals surface area contributed by atoms with Gasteiger partial charge in [-0.05, 0) is 48.4 Å². The van der Waals surface area contributed by atoms with Gasteiger partial charge >= 0.3 is 0 Å². The van der Waals surface area contributed by atoms with Crippen molar-refractivity contribution in [2.24, 2.45) is 0 Å². The molecule has 2 aromatic carbocycles. The van der Waals surface area contributed by atoms with Crippen LogP contribution in [0.4, 0.5) is 4.39 Å². The van der Waals surface area contributed by atoms with Gasteiger partial charge in [0.15, 0.2) is 0 Å². The van der Waals surface area contributed by atoms with E-state index in [0.717, 1.165) is 21.3 Å². The summed E-state index contributed by atoms with van der Waals surface area (Å²) < 4.78 is 16.1. The lowest BCUT2D eigenvalue weighted by Gasteiger charge is -2.12. The molecule has 0 aliphatic rings. The van der Waals surface area contributed by atoms with Gasteiger partial charge in [0.25, 0.3) is 5.91 Å². The molecule has 142 valence electrons. The van der Waals surface area contributed by atoms with E-state index in [1.165, 1.54) is 17.0 Å². The molecule has 0 fully saturated rings. The fourth-order valence-electron chi connectivity index (χ4n) is 3.20. The third-order valence-corrected chi connectivity index (χ3v) is 5.95. The Hall–Kier alpha value is -2.63. The summed E-state index contributed by atoms with van der Waals surface area (Å²) in [7, 11) is 0. The first-order valence-corrected chi connectivity index (χ1v) is 10.1. The predicted octanol–water partition coefficient (Wildman–Crippen LogP) is 5.78. The second-order valence-electron chi connectivity index (χ2n) is 6.62. The van der Waals surface area contributed by atoms with Gasteiger partial charge in [-0.15, -0.1) is 11.3 Å². The van der Waals surface area contributed by atoms with Gasteiger partial charge < -0.3 is 9.88 Å². The zero-order valence-electron chi connectivity index (χ0n) is 15.2. The monoisotopic (exact) mass is 412 g/mol. The van der Waals surface area contributed by atoms with Crippen LogP contribution in [-0.4, -0.2) is 10.5 Å². The van der Waals surface area contributed by atoms with Crippen LogP contribution >= 0.6 is 22.9 Å². The molecule has 6 heteroatoms. The molecule has 0 unspecified atom stereocenters. The fraction of sp³-hybridized carbons (Fsp3) is 0.136. The van der Waals surface area contributed by atoms with Crippen LogP contribution in [0.15, 0.2) is 60.7 Å². The number of aryl methyl sites for hydroxylation is 1. The second-order valence-corrected chi connectivity index (χ2v) is 8.32. The highest BCUT2D eigenvalue weighted by molar-refractivity contribution is 7.19. The number of hydrogen-bond acceptors (Lipinski definition) is 2. The van der Waals surface area contributed by atoms with E-state index < -0.39 is 0 Å². The van der Waals surface area contributed by atoms with Crippen molar-refractivity contribution < 1.29 is 9.18 Å². The zero-order chi connectivity index (χ0) is 19.7. The number of rotatable bonds is 5. The summed E-state index contributed by atoms with van der Waals surface area (Å²) in [5, 5.41) is 3.61. The first-order valence-electron chi connectivity index (χ1n) is 8.87. The molecule has 0 atom stereocenters. The second kappa shape index (κ2) is 7.78. The Balaban J connectivity index is 1.64. The molecule has 1 amide bonds. The molecule has 0 saturated heterocycles. The smallest absolute Gasteiger partial charge is 0.268 e. The minimum atomic E-state index is -0.292. The summed E-state index contributed by atoms with van der Waals surface area (Å²) in [5.41, 5.74) is 3.41. The third kappa shape index (κ3) is 3.81. The molecule has 0 saturated carbocycles. The number of fused-ring (bicyclic) bond motifs is 1. The van der Waals surface area contributed by atoms with Crippen LogP contribution in [0.3, 0.4) is 0 Å². The van der Waals surface area contributed by atoms with Crippen molar-refractivity contribution in [2.75, 3.05) is 0 Å². The van der Waals surface area contributed by atoms with Crippen molar-refractivity contribution in [2.45, 2.75) is 20.0 Å². The van der Waals surface area contributed by atoms with E-state index in [0.29, 0.717) is 23.8 Å². The van der Waals surface area contributed by atoms with Gasteiger partial charge in [-0.1, -0.05) is 41.9 Å². The van der Waals surface area contributed by atoms with Crippen LogP contribution < -0.4 is 5.32 Å². The van der Waals surface area contributed by atoms with Crippen LogP contribution in [0.25, 0.3) is 10.2 Å². The molecule has 2 aromatic heterocycles. The number of hydrogen-bond donors (Lipinski definition) is 1. The minimum Gasteiger partial charge on any atom is -0.347 e. The molecule has 0 aliphatic heterocycles. The molecule has 0 aliphatic carbocycles. The van der Waals surface area contributed by atoms with Gasteiger partial charge in [0.05, 0.1) is 10.2 Å². The van der Waals surface area contributed by atoms with Gasteiger partial charge in [0, 0.05) is 23.0 Å². The van der Waals surface area contributed by atoms with Crippen molar-refractivity contribution in [3.05, 3.63) is 93.2 Å². The number of thiophene rings is 1. The highest BCUT2D eigenvalue weighted by atomic mass is 35.5. The summed E-state index contributed by atoms with van der Waals surface area (Å²) in [6.45, 7) is 2.90. The summed E-state index contributed by atoms with van der Waals surface area (Å²) in [5.74, 6) is -0.461. The maximum absolute atomic E-state index is 13.1. The number of aromatic nitrogens is 1. The van der Waals surface area contributed by atoms with E-state index in [9.17, 15) is 9.18 Å². The molecule has 2 heterocycles. The quantitative estimate of drug-likeness (QED) is 0.442. The number of amides is 1. The first-order chi connectivity index (χ1) is 13.5. The van der Waals surface area contributed by atoms with Crippen molar-refractivity contribution >= 4 is 39.1 Å². The largest absolute Gasteiger partial charge is 0.347 e. The summed E-state index contributed by atoms with van der Waals surface area (Å²) in [6, 6.07) is 17.8. The van der Waals surface area contributed by atoms with Crippen molar-refractivity contribution in [3.63, 3.8) is 0 Å². The van der Waals surface area contributed by atoms with E-state index in [4.69, 9.17) is 11.6 Å². The number of nitrogens with one attached hydrogen (secondary N) is 1. The maximum atomic E-state index is 13.1. The minimum absolute atomic E-state index is 0.169. The number of benzene rings is 2. The van der Waals surface area contributed by atoms with Crippen LogP contribution in [0, 0.1) is 12.7 Å². The molecule has 4 rings (SSSR count). The Morgan fingerprint density at radius 3 is 2.64 bits per heavy atom. The molecule has 0 spiro atoms. The van der Waals surface area contributed by atoms with Crippen LogP contribution in [0.1, 0.15) is 26.5 Å². The normalized spacial score (nSPS) is 11.1. The number of carbonyl (C=O) groups excluding carboxylic acids is 1. The Morgan fingerprint density at radius 2 is 1.89 bits per heavy atom. The maximum Gasteiger partial charge on any atom is 0.268 e. The number of nitrogens with zero attached hydrogens (tertiary/aromatic N) is 1. The highest BCUT2D eigenvalue weighted by Crippen LogP contribution is 2.30. The fourth-order valence-corrected chi connectivity index (χ4v) is 4.35. The van der Waals surface area contributed by atoms with Gasteiger partial charge in [-0.3, -0.25) is 4.79 Å². The van der Waals surface area contributed by atoms with Crippen molar-refractivity contribution in [1.82, 2.24) is 9.88 Å². The lowest BCUT2D eigenvalue weighted by atomic mass is 10.2. The Morgan fingerprint density at radius 1 is 1.14 bits per heavy atom. The van der Waals surface area contributed by atoms with E-state index in [1.807, 2.05) is 34.9 Å². The zero-order valence-corrected chi connectivity index (χ0v) is 16.8. The number of carbonyl (C=O) groups is 1. The Kier molecular flexibility index (Phi) is 5.20. The van der Waals surface area contributed by atoms with Crippen molar-refractivity contribution in [3.8, 4) is 0 Å². The van der Waals surface area contributed by atoms with E-state index in [2.05, 4.69) is 18.3 Å². The molecule has 1 N–H and O–H groups in total. The average Bonchev–Trinajstić information content (AvgIpc) is 3.20. The third-order valence-electron chi connectivity index (χ3n) is 4.60. The van der Waals surface area contributed by atoms with Crippen LogP contribution in [0.5, 0.6) is 0 Å². The Bertz CT molecular complexity index is 1150. The standard InChI is InChI=1S/C22H18ClFN2OS/c1-14-10-19-21(28-14)11-20(26(19)13-16-4-2-3-5-18(16)23)22(27)25-12-15-6-8-17(24)9-7-15/h2-11H,12-13H2,1H3,(H,25,27). The highest BCUT2D eigenvalue weighted by Gasteiger charge is 2.18. The number of halogens is 2. The molecule has 28 heavy (non-hydrogen) atoms. The first kappa shape index (κ1) is 18.7. The molecule has 0 radical (unpaired) electrons. The molecular formula is C22H18ClFN2OS. The van der Waals surface area contributed by atoms with Crippen LogP contribution in [-0.2, 0) is 13.1 Å². The summed E-state index contributed by atoms with van der Waals surface area (Å²) >= 11 is 8.00. The van der Waals surface area contributed by atoms with Gasteiger partial charge in [0.1, 0.15) is 11.5 Å². The summed E-state index contributed by atoms with van der Waals surface area (Å²) in [4.78, 5) is 14.1. The predicted molar refractivity (Wildman–Crippen MR) is 113 cm³/mol. The van der Waals surface area contributed by atoms with E-state index in [1.54, 1.807) is 23.5 Å². The van der Waals surface area contributed by atoms with Gasteiger partial charge in [-0.2, -0.15) is 0 Å². The topological polar surface area (TPSA) is 34.0 Å². The Labute approximate surface area is 171 Å². The van der Waals surface area contributed by atoms with Gasteiger partial charge in [-0.25, -0.2) is 4.39 Å². The lowest BCUT2D eigenvalue weighted by Crippen LogP contribution is -2.25. The molecular weight excluding hydrogens is 395 g/mol. The molecule has 4 aromatic rings.